The molecule has 128 valence electrons. The molecule has 24 heavy (non-hydrogen) atoms. The molecule has 0 saturated carbocycles. The fourth-order valence-corrected chi connectivity index (χ4v) is 1.95. The number of rotatable bonds is 4. The molecule has 1 amide bonds. The van der Waals surface area contributed by atoms with E-state index in [2.05, 4.69) is 20.6 Å². The summed E-state index contributed by atoms with van der Waals surface area (Å²) in [4.78, 5) is 22.7. The molecule has 0 aliphatic carbocycles. The molecule has 0 saturated heterocycles. The number of nitrogens with zero attached hydrogens (tertiary/aromatic N) is 3. The van der Waals surface area contributed by atoms with Crippen LogP contribution >= 0.6 is 0 Å². The van der Waals surface area contributed by atoms with Gasteiger partial charge in [-0.25, -0.2) is 9.97 Å². The van der Waals surface area contributed by atoms with E-state index in [4.69, 9.17) is 0 Å². The number of hydrogen-bond acceptors (Lipinski definition) is 5. The normalized spacial score (nSPS) is 11.1. The van der Waals surface area contributed by atoms with Crippen LogP contribution < -0.4 is 15.5 Å². The fraction of sp³-hybridized carbons (Fsp3) is 0.389. The van der Waals surface area contributed by atoms with E-state index in [0.717, 1.165) is 23.0 Å². The molecule has 0 fully saturated rings. The molecule has 0 aliphatic rings. The standard InChI is InChI=1S/C18H25N5O/c1-12-19-15(11-16(20-12)23(5)6)21-13-7-9-14(10-8-13)22-17(24)18(2,3)4/h7-11H,1-6H3,(H,22,24)(H,19,20,21). The molecule has 0 spiro atoms. The zero-order valence-electron chi connectivity index (χ0n) is 15.1. The average Bonchev–Trinajstić information content (AvgIpc) is 2.47. The molecule has 0 radical (unpaired) electrons. The Hall–Kier alpha value is -2.63. The SMILES string of the molecule is Cc1nc(Nc2ccc(NC(=O)C(C)(C)C)cc2)cc(N(C)C)n1. The van der Waals surface area contributed by atoms with Crippen LogP contribution in [-0.2, 0) is 4.79 Å². The topological polar surface area (TPSA) is 70.2 Å². The zero-order valence-corrected chi connectivity index (χ0v) is 15.1. The molecule has 2 aromatic rings. The van der Waals surface area contributed by atoms with Crippen LogP contribution in [0.25, 0.3) is 0 Å². The Morgan fingerprint density at radius 2 is 1.62 bits per heavy atom. The third-order valence-electron chi connectivity index (χ3n) is 3.38. The van der Waals surface area contributed by atoms with Crippen LogP contribution in [-0.4, -0.2) is 30.0 Å². The number of carbonyl (C=O) groups is 1. The molecule has 2 rings (SSSR count). The lowest BCUT2D eigenvalue weighted by Crippen LogP contribution is -2.27. The fourth-order valence-electron chi connectivity index (χ4n) is 1.95. The smallest absolute Gasteiger partial charge is 0.229 e. The molecular formula is C18H25N5O. The molecule has 2 N–H and O–H groups in total. The molecule has 0 aliphatic heterocycles. The maximum atomic E-state index is 12.0. The molecule has 1 heterocycles. The summed E-state index contributed by atoms with van der Waals surface area (Å²) in [5.74, 6) is 2.28. The van der Waals surface area contributed by atoms with E-state index in [1.54, 1.807) is 0 Å². The van der Waals surface area contributed by atoms with Crippen molar-refractivity contribution in [1.82, 2.24) is 9.97 Å². The van der Waals surface area contributed by atoms with Crippen LogP contribution in [0.5, 0.6) is 0 Å². The van der Waals surface area contributed by atoms with E-state index in [1.165, 1.54) is 0 Å². The minimum atomic E-state index is -0.419. The van der Waals surface area contributed by atoms with Crippen molar-refractivity contribution < 1.29 is 4.79 Å². The number of carbonyl (C=O) groups excluding carboxylic acids is 1. The third-order valence-corrected chi connectivity index (χ3v) is 3.38. The Morgan fingerprint density at radius 3 is 2.17 bits per heavy atom. The number of anilines is 4. The lowest BCUT2D eigenvalue weighted by molar-refractivity contribution is -0.123. The molecule has 1 aromatic heterocycles. The number of aromatic nitrogens is 2. The number of aryl methyl sites for hydroxylation is 1. The minimum absolute atomic E-state index is 0.00902. The second-order valence-electron chi connectivity index (χ2n) is 6.96. The molecule has 6 nitrogen and oxygen atoms in total. The monoisotopic (exact) mass is 327 g/mol. The molecule has 0 bridgehead atoms. The predicted molar refractivity (Wildman–Crippen MR) is 98.9 cm³/mol. The van der Waals surface area contributed by atoms with Crippen LogP contribution in [0.1, 0.15) is 26.6 Å². The van der Waals surface area contributed by atoms with Gasteiger partial charge in [0.25, 0.3) is 0 Å². The van der Waals surface area contributed by atoms with Gasteiger partial charge in [0.2, 0.25) is 5.91 Å². The van der Waals surface area contributed by atoms with Crippen LogP contribution in [0.2, 0.25) is 0 Å². The van der Waals surface area contributed by atoms with E-state index in [0.29, 0.717) is 5.82 Å². The number of hydrogen-bond donors (Lipinski definition) is 2. The quantitative estimate of drug-likeness (QED) is 0.898. The first kappa shape index (κ1) is 17.7. The van der Waals surface area contributed by atoms with Crippen LogP contribution in [0, 0.1) is 12.3 Å². The van der Waals surface area contributed by atoms with Crippen molar-refractivity contribution in [3.63, 3.8) is 0 Å². The Morgan fingerprint density at radius 1 is 1.04 bits per heavy atom. The van der Waals surface area contributed by atoms with Gasteiger partial charge >= 0.3 is 0 Å². The van der Waals surface area contributed by atoms with Gasteiger partial charge in [0.15, 0.2) is 0 Å². The van der Waals surface area contributed by atoms with Gasteiger partial charge in [-0.15, -0.1) is 0 Å². The summed E-state index contributed by atoms with van der Waals surface area (Å²) in [6, 6.07) is 9.44. The van der Waals surface area contributed by atoms with Crippen molar-refractivity contribution in [1.29, 1.82) is 0 Å². The van der Waals surface area contributed by atoms with Gasteiger partial charge in [-0.1, -0.05) is 20.8 Å². The summed E-state index contributed by atoms with van der Waals surface area (Å²) in [6.45, 7) is 7.53. The number of benzene rings is 1. The van der Waals surface area contributed by atoms with E-state index < -0.39 is 5.41 Å². The van der Waals surface area contributed by atoms with Gasteiger partial charge < -0.3 is 15.5 Å². The van der Waals surface area contributed by atoms with Gasteiger partial charge in [0.05, 0.1) is 0 Å². The van der Waals surface area contributed by atoms with Crippen molar-refractivity contribution in [2.75, 3.05) is 29.6 Å². The molecule has 0 atom stereocenters. The summed E-state index contributed by atoms with van der Waals surface area (Å²) in [5, 5.41) is 6.17. The second kappa shape index (κ2) is 6.86. The van der Waals surface area contributed by atoms with Gasteiger partial charge in [-0.2, -0.15) is 0 Å². The first-order valence-corrected chi connectivity index (χ1v) is 7.87. The second-order valence-corrected chi connectivity index (χ2v) is 6.96. The maximum Gasteiger partial charge on any atom is 0.229 e. The Bertz CT molecular complexity index is 717. The van der Waals surface area contributed by atoms with Gasteiger partial charge in [-0.3, -0.25) is 4.79 Å². The molecule has 0 unspecified atom stereocenters. The molecular weight excluding hydrogens is 302 g/mol. The van der Waals surface area contributed by atoms with Gasteiger partial charge in [-0.05, 0) is 31.2 Å². The maximum absolute atomic E-state index is 12.0. The lowest BCUT2D eigenvalue weighted by atomic mass is 9.95. The van der Waals surface area contributed by atoms with Gasteiger partial charge in [0.1, 0.15) is 17.5 Å². The average molecular weight is 327 g/mol. The summed E-state index contributed by atoms with van der Waals surface area (Å²) >= 11 is 0. The number of amides is 1. The highest BCUT2D eigenvalue weighted by atomic mass is 16.2. The summed E-state index contributed by atoms with van der Waals surface area (Å²) in [7, 11) is 3.89. The number of nitrogens with one attached hydrogen (secondary N) is 2. The third kappa shape index (κ3) is 4.68. The van der Waals surface area contributed by atoms with E-state index in [-0.39, 0.29) is 5.91 Å². The Balaban J connectivity index is 2.11. The van der Waals surface area contributed by atoms with Crippen molar-refractivity contribution in [2.24, 2.45) is 5.41 Å². The van der Waals surface area contributed by atoms with Crippen molar-refractivity contribution in [3.8, 4) is 0 Å². The molecule has 6 heteroatoms. The first-order chi connectivity index (χ1) is 11.1. The molecule has 1 aromatic carbocycles. The largest absolute Gasteiger partial charge is 0.363 e. The van der Waals surface area contributed by atoms with Crippen LogP contribution in [0.3, 0.4) is 0 Å². The highest BCUT2D eigenvalue weighted by molar-refractivity contribution is 5.94. The van der Waals surface area contributed by atoms with Crippen molar-refractivity contribution in [3.05, 3.63) is 36.2 Å². The van der Waals surface area contributed by atoms with E-state index in [9.17, 15) is 4.79 Å². The summed E-state index contributed by atoms with van der Waals surface area (Å²) < 4.78 is 0. The highest BCUT2D eigenvalue weighted by Gasteiger charge is 2.20. The first-order valence-electron chi connectivity index (χ1n) is 7.87. The zero-order chi connectivity index (χ0) is 17.9. The summed E-state index contributed by atoms with van der Waals surface area (Å²) in [5.41, 5.74) is 1.25. The predicted octanol–water partition coefficient (Wildman–Crippen LogP) is 3.58. The Kier molecular flexibility index (Phi) is 5.07. The summed E-state index contributed by atoms with van der Waals surface area (Å²) in [6.07, 6.45) is 0. The van der Waals surface area contributed by atoms with E-state index in [1.807, 2.05) is 77.0 Å². The van der Waals surface area contributed by atoms with Gasteiger partial charge in [0, 0.05) is 37.0 Å². The van der Waals surface area contributed by atoms with Crippen molar-refractivity contribution in [2.45, 2.75) is 27.7 Å². The minimum Gasteiger partial charge on any atom is -0.363 e. The highest BCUT2D eigenvalue weighted by Crippen LogP contribution is 2.22. The Labute approximate surface area is 143 Å². The van der Waals surface area contributed by atoms with Crippen molar-refractivity contribution >= 4 is 28.9 Å². The van der Waals surface area contributed by atoms with E-state index >= 15 is 0 Å². The van der Waals surface area contributed by atoms with Crippen LogP contribution in [0.15, 0.2) is 30.3 Å². The lowest BCUT2D eigenvalue weighted by Gasteiger charge is -2.18. The van der Waals surface area contributed by atoms with Crippen LogP contribution in [0.4, 0.5) is 23.0 Å².